The Kier molecular flexibility index (Phi) is 5.58. The molecule has 7 nitrogen and oxygen atoms in total. The van der Waals surface area contributed by atoms with E-state index in [2.05, 4.69) is 34.3 Å². The van der Waals surface area contributed by atoms with E-state index in [1.165, 1.54) is 26.8 Å². The average Bonchev–Trinajstić information content (AvgIpc) is 3.11. The van der Waals surface area contributed by atoms with Crippen molar-refractivity contribution in [3.63, 3.8) is 0 Å². The SMILES string of the molecule is CCn1c2ccccc2c2cc(NC(=O)Nc3cc(OC)c(OC)c(OC)c3)ccc21. The Morgan fingerprint density at radius 3 is 2.10 bits per heavy atom. The van der Waals surface area contributed by atoms with Crippen LogP contribution in [0.5, 0.6) is 17.2 Å². The maximum atomic E-state index is 12.7. The topological polar surface area (TPSA) is 73.8 Å². The summed E-state index contributed by atoms with van der Waals surface area (Å²) in [5.41, 5.74) is 3.55. The van der Waals surface area contributed by atoms with Crippen molar-refractivity contribution in [2.45, 2.75) is 13.5 Å². The van der Waals surface area contributed by atoms with Crippen LogP contribution in [0.4, 0.5) is 16.2 Å². The number of carbonyl (C=O) groups excluding carboxylic acids is 1. The predicted molar refractivity (Wildman–Crippen MR) is 124 cm³/mol. The highest BCUT2D eigenvalue weighted by Gasteiger charge is 2.15. The van der Waals surface area contributed by atoms with Crippen molar-refractivity contribution in [2.24, 2.45) is 0 Å². The molecule has 1 heterocycles. The van der Waals surface area contributed by atoms with Crippen LogP contribution in [-0.2, 0) is 6.54 Å². The number of methoxy groups -OCH3 is 3. The number of hydrogen-bond donors (Lipinski definition) is 2. The molecule has 3 aromatic carbocycles. The predicted octanol–water partition coefficient (Wildman–Crippen LogP) is 5.48. The first-order chi connectivity index (χ1) is 15.1. The second-order valence-electron chi connectivity index (χ2n) is 6.99. The summed E-state index contributed by atoms with van der Waals surface area (Å²) < 4.78 is 18.3. The molecule has 4 rings (SSSR count). The van der Waals surface area contributed by atoms with Gasteiger partial charge < -0.3 is 29.4 Å². The number of aryl methyl sites for hydroxylation is 1. The van der Waals surface area contributed by atoms with Crippen molar-refractivity contribution in [1.82, 2.24) is 4.57 Å². The van der Waals surface area contributed by atoms with Gasteiger partial charge >= 0.3 is 6.03 Å². The standard InChI is InChI=1S/C24H25N3O4/c1-5-27-19-9-7-6-8-17(19)18-12-15(10-11-20(18)27)25-24(28)26-16-13-21(29-2)23(31-4)22(14-16)30-3/h6-14H,5H2,1-4H3,(H2,25,26,28). The van der Waals surface area contributed by atoms with E-state index in [-0.39, 0.29) is 6.03 Å². The van der Waals surface area contributed by atoms with Gasteiger partial charge in [0.15, 0.2) is 11.5 Å². The number of ether oxygens (including phenoxy) is 3. The van der Waals surface area contributed by atoms with Crippen molar-refractivity contribution < 1.29 is 19.0 Å². The average molecular weight is 419 g/mol. The summed E-state index contributed by atoms with van der Waals surface area (Å²) in [5.74, 6) is 1.39. The molecular formula is C24H25N3O4. The summed E-state index contributed by atoms with van der Waals surface area (Å²) >= 11 is 0. The number of aromatic nitrogens is 1. The maximum absolute atomic E-state index is 12.7. The Hall–Kier alpha value is -3.87. The molecule has 160 valence electrons. The Bertz CT molecular complexity index is 1240. The highest BCUT2D eigenvalue weighted by molar-refractivity contribution is 6.10. The van der Waals surface area contributed by atoms with Crippen LogP contribution in [0.15, 0.2) is 54.6 Å². The Morgan fingerprint density at radius 2 is 1.45 bits per heavy atom. The largest absolute Gasteiger partial charge is 0.493 e. The van der Waals surface area contributed by atoms with Crippen LogP contribution >= 0.6 is 0 Å². The van der Waals surface area contributed by atoms with Crippen molar-refractivity contribution in [3.05, 3.63) is 54.6 Å². The number of carbonyl (C=O) groups is 1. The lowest BCUT2D eigenvalue weighted by molar-refractivity contribution is 0.262. The van der Waals surface area contributed by atoms with Crippen molar-refractivity contribution >= 4 is 39.2 Å². The number of benzene rings is 3. The van der Waals surface area contributed by atoms with E-state index in [1.54, 1.807) is 12.1 Å². The molecule has 0 aliphatic heterocycles. The third-order valence-corrected chi connectivity index (χ3v) is 5.27. The van der Waals surface area contributed by atoms with Gasteiger partial charge in [-0.05, 0) is 31.2 Å². The van der Waals surface area contributed by atoms with Crippen molar-refractivity contribution in [2.75, 3.05) is 32.0 Å². The number of para-hydroxylation sites is 1. The van der Waals surface area contributed by atoms with Gasteiger partial charge in [-0.2, -0.15) is 0 Å². The zero-order valence-electron chi connectivity index (χ0n) is 18.0. The summed E-state index contributed by atoms with van der Waals surface area (Å²) in [4.78, 5) is 12.7. The van der Waals surface area contributed by atoms with Gasteiger partial charge in [0.2, 0.25) is 5.75 Å². The monoisotopic (exact) mass is 419 g/mol. The van der Waals surface area contributed by atoms with Gasteiger partial charge in [0.05, 0.1) is 27.0 Å². The minimum Gasteiger partial charge on any atom is -0.493 e. The van der Waals surface area contributed by atoms with Gasteiger partial charge in [0.1, 0.15) is 0 Å². The molecule has 0 saturated carbocycles. The van der Waals surface area contributed by atoms with Crippen LogP contribution in [0.25, 0.3) is 21.8 Å². The minimum absolute atomic E-state index is 0.368. The first-order valence-electron chi connectivity index (χ1n) is 9.98. The highest BCUT2D eigenvalue weighted by atomic mass is 16.5. The number of nitrogens with zero attached hydrogens (tertiary/aromatic N) is 1. The Balaban J connectivity index is 1.61. The highest BCUT2D eigenvalue weighted by Crippen LogP contribution is 2.40. The second-order valence-corrected chi connectivity index (χ2v) is 6.99. The first-order valence-corrected chi connectivity index (χ1v) is 9.98. The fourth-order valence-electron chi connectivity index (χ4n) is 3.92. The normalized spacial score (nSPS) is 10.8. The van der Waals surface area contributed by atoms with Gasteiger partial charge in [0.25, 0.3) is 0 Å². The molecule has 0 radical (unpaired) electrons. The molecule has 7 heteroatoms. The van der Waals surface area contributed by atoms with E-state index in [0.717, 1.165) is 22.8 Å². The maximum Gasteiger partial charge on any atom is 0.323 e. The first kappa shape index (κ1) is 20.4. The molecule has 4 aromatic rings. The van der Waals surface area contributed by atoms with E-state index in [9.17, 15) is 4.79 Å². The van der Waals surface area contributed by atoms with Crippen molar-refractivity contribution in [3.8, 4) is 17.2 Å². The lowest BCUT2D eigenvalue weighted by Gasteiger charge is -2.15. The number of amides is 2. The fraction of sp³-hybridized carbons (Fsp3) is 0.208. The molecule has 0 aliphatic carbocycles. The zero-order chi connectivity index (χ0) is 22.0. The fourth-order valence-corrected chi connectivity index (χ4v) is 3.92. The quantitative estimate of drug-likeness (QED) is 0.434. The lowest BCUT2D eigenvalue weighted by atomic mass is 10.1. The second kappa shape index (κ2) is 8.47. The van der Waals surface area contributed by atoms with Crippen LogP contribution < -0.4 is 24.8 Å². The number of urea groups is 1. The molecule has 0 unspecified atom stereocenters. The van der Waals surface area contributed by atoms with Gasteiger partial charge in [-0.25, -0.2) is 4.79 Å². The molecule has 0 saturated heterocycles. The molecule has 0 aliphatic rings. The van der Waals surface area contributed by atoms with E-state index < -0.39 is 0 Å². The third-order valence-electron chi connectivity index (χ3n) is 5.27. The molecular weight excluding hydrogens is 394 g/mol. The van der Waals surface area contributed by atoms with E-state index in [1.807, 2.05) is 30.3 Å². The number of nitrogens with one attached hydrogen (secondary N) is 2. The smallest absolute Gasteiger partial charge is 0.323 e. The van der Waals surface area contributed by atoms with Crippen LogP contribution in [0, 0.1) is 0 Å². The Labute approximate surface area is 180 Å². The van der Waals surface area contributed by atoms with Gasteiger partial charge in [-0.15, -0.1) is 0 Å². The summed E-state index contributed by atoms with van der Waals surface area (Å²) in [6.07, 6.45) is 0. The molecule has 2 amide bonds. The lowest BCUT2D eigenvalue weighted by Crippen LogP contribution is -2.19. The number of hydrogen-bond acceptors (Lipinski definition) is 4. The summed E-state index contributed by atoms with van der Waals surface area (Å²) in [5, 5.41) is 7.99. The molecule has 0 spiro atoms. The van der Waals surface area contributed by atoms with Crippen LogP contribution in [-0.4, -0.2) is 31.9 Å². The molecule has 1 aromatic heterocycles. The van der Waals surface area contributed by atoms with Crippen LogP contribution in [0.1, 0.15) is 6.92 Å². The summed E-state index contributed by atoms with van der Waals surface area (Å²) in [6.45, 7) is 3.00. The van der Waals surface area contributed by atoms with Gasteiger partial charge in [-0.1, -0.05) is 18.2 Å². The zero-order valence-corrected chi connectivity index (χ0v) is 18.0. The van der Waals surface area contributed by atoms with Gasteiger partial charge in [-0.3, -0.25) is 0 Å². The molecule has 2 N–H and O–H groups in total. The summed E-state index contributed by atoms with van der Waals surface area (Å²) in [7, 11) is 4.60. The third kappa shape index (κ3) is 3.70. The molecule has 0 fully saturated rings. The summed E-state index contributed by atoms with van der Waals surface area (Å²) in [6, 6.07) is 17.2. The van der Waals surface area contributed by atoms with E-state index in [4.69, 9.17) is 14.2 Å². The van der Waals surface area contributed by atoms with E-state index in [0.29, 0.717) is 28.6 Å². The molecule has 0 atom stereocenters. The van der Waals surface area contributed by atoms with Crippen molar-refractivity contribution in [1.29, 1.82) is 0 Å². The molecule has 31 heavy (non-hydrogen) atoms. The molecule has 0 bridgehead atoms. The minimum atomic E-state index is -0.368. The van der Waals surface area contributed by atoms with Crippen LogP contribution in [0.2, 0.25) is 0 Å². The van der Waals surface area contributed by atoms with Gasteiger partial charge in [0, 0.05) is 46.2 Å². The van der Waals surface area contributed by atoms with Crippen LogP contribution in [0.3, 0.4) is 0 Å². The number of rotatable bonds is 6. The number of fused-ring (bicyclic) bond motifs is 3. The van der Waals surface area contributed by atoms with E-state index >= 15 is 0 Å². The Morgan fingerprint density at radius 1 is 0.806 bits per heavy atom. The number of anilines is 2.